The van der Waals surface area contributed by atoms with Crippen molar-refractivity contribution in [3.63, 3.8) is 0 Å². The number of carbonyl (C=O) groups is 5. The highest BCUT2D eigenvalue weighted by atomic mass is 16.6. The van der Waals surface area contributed by atoms with Gasteiger partial charge in [0.1, 0.15) is 29.3 Å². The molecule has 5 fully saturated rings. The van der Waals surface area contributed by atoms with Gasteiger partial charge in [0.25, 0.3) is 0 Å². The Bertz CT molecular complexity index is 1340. The van der Waals surface area contributed by atoms with Crippen molar-refractivity contribution in [2.24, 2.45) is 34.3 Å². The minimum Gasteiger partial charge on any atom is -0.468 e. The molecular formula is C42H71N3O10. The third-order valence-electron chi connectivity index (χ3n) is 11.7. The second-order valence-electron chi connectivity index (χ2n) is 18.7. The number of allylic oxidation sites excluding steroid dienone is 1. The Kier molecular flexibility index (Phi) is 16.5. The van der Waals surface area contributed by atoms with Gasteiger partial charge < -0.3 is 40.1 Å². The Morgan fingerprint density at radius 3 is 1.44 bits per heavy atom. The maximum Gasteiger partial charge on any atom is 0.408 e. The Hall–Kier alpha value is -3.35. The molecule has 4 N–H and O–H groups in total. The number of hydrogen-bond donors (Lipinski definition) is 3. The third kappa shape index (κ3) is 15.3. The van der Waals surface area contributed by atoms with Crippen molar-refractivity contribution >= 4 is 30.1 Å². The molecule has 0 unspecified atom stereocenters. The second kappa shape index (κ2) is 19.7. The molecule has 0 aromatic rings. The summed E-state index contributed by atoms with van der Waals surface area (Å²) in [6, 6.07) is -1.66. The molecular weight excluding hydrogens is 706 g/mol. The van der Waals surface area contributed by atoms with E-state index in [0.717, 1.165) is 63.4 Å². The van der Waals surface area contributed by atoms with Gasteiger partial charge in [-0.25, -0.2) is 19.2 Å². The topological polar surface area (TPSA) is 182 Å². The number of ether oxygens (including phenoxy) is 5. The lowest BCUT2D eigenvalue weighted by molar-refractivity contribution is -0.145. The van der Waals surface area contributed by atoms with Crippen LogP contribution in [0, 0.1) is 28.6 Å². The van der Waals surface area contributed by atoms with Crippen LogP contribution in [0.15, 0.2) is 12.2 Å². The van der Waals surface area contributed by atoms with Crippen molar-refractivity contribution in [3.8, 4) is 0 Å². The van der Waals surface area contributed by atoms with Crippen LogP contribution in [-0.4, -0.2) is 80.8 Å². The Labute approximate surface area is 329 Å². The average Bonchev–Trinajstić information content (AvgIpc) is 4.05. The molecule has 0 aliphatic heterocycles. The number of hydrogen-bond acceptors (Lipinski definition) is 11. The summed E-state index contributed by atoms with van der Waals surface area (Å²) in [7, 11) is 4.10. The minimum atomic E-state index is -0.674. The second-order valence-corrected chi connectivity index (χ2v) is 18.7. The molecule has 6 atom stereocenters. The van der Waals surface area contributed by atoms with Crippen molar-refractivity contribution in [3.05, 3.63) is 12.2 Å². The van der Waals surface area contributed by atoms with Crippen LogP contribution in [0.3, 0.4) is 0 Å². The van der Waals surface area contributed by atoms with E-state index in [1.807, 2.05) is 0 Å². The highest BCUT2D eigenvalue weighted by Crippen LogP contribution is 2.58. The van der Waals surface area contributed by atoms with Crippen molar-refractivity contribution in [1.82, 2.24) is 10.6 Å². The van der Waals surface area contributed by atoms with Crippen LogP contribution in [0.4, 0.5) is 9.59 Å². The molecule has 0 bridgehead atoms. The van der Waals surface area contributed by atoms with Gasteiger partial charge >= 0.3 is 30.1 Å². The van der Waals surface area contributed by atoms with Crippen LogP contribution >= 0.6 is 0 Å². The van der Waals surface area contributed by atoms with Gasteiger partial charge in [0.05, 0.1) is 21.3 Å². The maximum absolute atomic E-state index is 12.1. The lowest BCUT2D eigenvalue weighted by atomic mass is 9.75. The summed E-state index contributed by atoms with van der Waals surface area (Å²) in [6.07, 6.45) is 16.8. The smallest absolute Gasteiger partial charge is 0.408 e. The van der Waals surface area contributed by atoms with Gasteiger partial charge in [-0.3, -0.25) is 4.79 Å². The summed E-state index contributed by atoms with van der Waals surface area (Å²) in [4.78, 5) is 59.1. The molecule has 0 aromatic carbocycles. The van der Waals surface area contributed by atoms with Gasteiger partial charge in [-0.2, -0.15) is 0 Å². The molecule has 0 aromatic heterocycles. The maximum atomic E-state index is 12.1. The zero-order chi connectivity index (χ0) is 41.2. The molecule has 0 heterocycles. The standard InChI is InChI=1S/C16H27NO4.C15H25NO4.C11H19NO2/c1-15(2,3)21-14(19)17-12(13(18)20-4)11-6-5-7-16(10-11)8-9-16;1-10-7-6-8-11(9-10)12(13(17)19-5)16-14(18)20-15(2,3)4;1-14-10(13)9(12)8-3-2-4-11(7-8)5-6-11/h11-12H,5-10H2,1-4H3,(H,17,19);11-12H,1,6-9H2,2-5H3,(H,16,18);8-9H,2-7,12H2,1H3/t2*11-,12-;8-,9-/m000/s1. The Balaban J connectivity index is 0.000000226. The number of esters is 3. The van der Waals surface area contributed by atoms with Crippen molar-refractivity contribution < 1.29 is 47.7 Å². The molecule has 55 heavy (non-hydrogen) atoms. The van der Waals surface area contributed by atoms with E-state index in [-0.39, 0.29) is 23.8 Å². The first kappa shape index (κ1) is 46.0. The summed E-state index contributed by atoms with van der Waals surface area (Å²) in [6.45, 7) is 14.7. The molecule has 314 valence electrons. The molecule has 5 aliphatic rings. The van der Waals surface area contributed by atoms with Crippen LogP contribution in [0.1, 0.15) is 144 Å². The molecule has 5 rings (SSSR count). The largest absolute Gasteiger partial charge is 0.468 e. The zero-order valence-electron chi connectivity index (χ0n) is 35.1. The fourth-order valence-corrected chi connectivity index (χ4v) is 8.52. The van der Waals surface area contributed by atoms with E-state index in [9.17, 15) is 24.0 Å². The fraction of sp³-hybridized carbons (Fsp3) is 0.833. The highest BCUT2D eigenvalue weighted by molar-refractivity contribution is 5.82. The number of rotatable bonds is 8. The SMILES string of the molecule is C=C1CCC[C@H]([C@H](NC(=O)OC(C)(C)C)C(=O)OC)C1.COC(=O)[C@@H](N)[C@H]1CCCC2(CC2)C1.COC(=O)[C@@H](NC(=O)OC(C)(C)C)[C@H]1CCCC2(CC2)C1. The first-order valence-corrected chi connectivity index (χ1v) is 20.3. The number of amides is 2. The number of methoxy groups -OCH3 is 3. The van der Waals surface area contributed by atoms with E-state index in [4.69, 9.17) is 24.7 Å². The Morgan fingerprint density at radius 1 is 0.636 bits per heavy atom. The quantitative estimate of drug-likeness (QED) is 0.128. The van der Waals surface area contributed by atoms with E-state index in [1.54, 1.807) is 41.5 Å². The van der Waals surface area contributed by atoms with E-state index in [1.165, 1.54) is 66.3 Å². The molecule has 5 aliphatic carbocycles. The zero-order valence-corrected chi connectivity index (χ0v) is 35.1. The van der Waals surface area contributed by atoms with Crippen LogP contribution in [-0.2, 0) is 38.1 Å². The van der Waals surface area contributed by atoms with Crippen molar-refractivity contribution in [2.75, 3.05) is 21.3 Å². The highest BCUT2D eigenvalue weighted by Gasteiger charge is 2.49. The predicted octanol–water partition coefficient (Wildman–Crippen LogP) is 7.28. The van der Waals surface area contributed by atoms with Gasteiger partial charge in [0.15, 0.2) is 0 Å². The van der Waals surface area contributed by atoms with E-state index >= 15 is 0 Å². The lowest BCUT2D eigenvalue weighted by Crippen LogP contribution is -2.49. The molecule has 0 radical (unpaired) electrons. The van der Waals surface area contributed by atoms with Gasteiger partial charge in [0.2, 0.25) is 0 Å². The average molecular weight is 778 g/mol. The molecule has 5 saturated carbocycles. The van der Waals surface area contributed by atoms with Crippen molar-refractivity contribution in [1.29, 1.82) is 0 Å². The van der Waals surface area contributed by atoms with Crippen LogP contribution in [0.25, 0.3) is 0 Å². The minimum absolute atomic E-state index is 0.0243. The fourth-order valence-electron chi connectivity index (χ4n) is 8.52. The number of carbonyl (C=O) groups excluding carboxylic acids is 5. The molecule has 13 heteroatoms. The number of nitrogens with one attached hydrogen (secondary N) is 2. The van der Waals surface area contributed by atoms with E-state index < -0.39 is 47.5 Å². The molecule has 2 amide bonds. The molecule has 2 spiro atoms. The summed E-state index contributed by atoms with van der Waals surface area (Å²) < 4.78 is 24.8. The summed E-state index contributed by atoms with van der Waals surface area (Å²) in [5.41, 5.74) is 6.83. The molecule has 0 saturated heterocycles. The van der Waals surface area contributed by atoms with Gasteiger partial charge in [-0.05, 0) is 160 Å². The van der Waals surface area contributed by atoms with E-state index in [0.29, 0.717) is 16.7 Å². The molecule has 13 nitrogen and oxygen atoms in total. The Morgan fingerprint density at radius 2 is 1.04 bits per heavy atom. The van der Waals surface area contributed by atoms with Gasteiger partial charge in [-0.1, -0.05) is 25.0 Å². The first-order chi connectivity index (χ1) is 25.6. The van der Waals surface area contributed by atoms with Crippen LogP contribution in [0.5, 0.6) is 0 Å². The normalized spacial score (nSPS) is 25.1. The third-order valence-corrected chi connectivity index (χ3v) is 11.7. The van der Waals surface area contributed by atoms with Crippen LogP contribution in [0.2, 0.25) is 0 Å². The van der Waals surface area contributed by atoms with E-state index in [2.05, 4.69) is 21.9 Å². The number of nitrogens with two attached hydrogens (primary N) is 1. The first-order valence-electron chi connectivity index (χ1n) is 20.3. The van der Waals surface area contributed by atoms with Gasteiger partial charge in [0, 0.05) is 0 Å². The van der Waals surface area contributed by atoms with Gasteiger partial charge in [-0.15, -0.1) is 0 Å². The predicted molar refractivity (Wildman–Crippen MR) is 209 cm³/mol. The monoisotopic (exact) mass is 778 g/mol. The summed E-state index contributed by atoms with van der Waals surface area (Å²) in [5, 5.41) is 5.36. The van der Waals surface area contributed by atoms with Crippen molar-refractivity contribution in [2.45, 2.75) is 174 Å². The van der Waals surface area contributed by atoms with Crippen LogP contribution < -0.4 is 16.4 Å². The summed E-state index contributed by atoms with van der Waals surface area (Å²) >= 11 is 0. The lowest BCUT2D eigenvalue weighted by Gasteiger charge is -2.34. The number of alkyl carbamates (subject to hydrolysis) is 2. The summed E-state index contributed by atoms with van der Waals surface area (Å²) in [5.74, 6) is -0.511.